The van der Waals surface area contributed by atoms with Crippen molar-refractivity contribution in [2.45, 2.75) is 38.9 Å². The number of anilines is 1. The minimum Gasteiger partial charge on any atom is -0.341 e. The van der Waals surface area contributed by atoms with Gasteiger partial charge in [0.05, 0.1) is 6.04 Å². The van der Waals surface area contributed by atoms with E-state index in [2.05, 4.69) is 26.6 Å². The van der Waals surface area contributed by atoms with E-state index in [0.717, 1.165) is 0 Å². The number of rotatable bonds is 5. The van der Waals surface area contributed by atoms with Crippen molar-refractivity contribution in [2.24, 2.45) is 5.41 Å². The SMILES string of the molecule is CC(C)(CCC(F)(F)F)C(=O)Nc1cc(Br)cc2c1C(c1cc(F)ccc1Cl)NC2=O. The molecule has 2 aromatic rings. The van der Waals surface area contributed by atoms with Crippen LogP contribution in [0.2, 0.25) is 5.02 Å². The Balaban J connectivity index is 2.00. The summed E-state index contributed by atoms with van der Waals surface area (Å²) in [6, 6.07) is 5.96. The summed E-state index contributed by atoms with van der Waals surface area (Å²) in [4.78, 5) is 25.4. The second kappa shape index (κ2) is 8.43. The molecule has 3 rings (SSSR count). The number of hydrogen-bond acceptors (Lipinski definition) is 2. The van der Waals surface area contributed by atoms with Crippen LogP contribution in [0.15, 0.2) is 34.8 Å². The molecule has 1 aliphatic heterocycles. The van der Waals surface area contributed by atoms with E-state index in [1.54, 1.807) is 6.07 Å². The van der Waals surface area contributed by atoms with Gasteiger partial charge in [-0.3, -0.25) is 9.59 Å². The van der Waals surface area contributed by atoms with E-state index in [4.69, 9.17) is 11.6 Å². The molecule has 10 heteroatoms. The number of carbonyl (C=O) groups excluding carboxylic acids is 2. The van der Waals surface area contributed by atoms with Gasteiger partial charge in [0.1, 0.15) is 5.82 Å². The van der Waals surface area contributed by atoms with E-state index in [0.29, 0.717) is 15.6 Å². The summed E-state index contributed by atoms with van der Waals surface area (Å²) in [6.45, 7) is 2.83. The van der Waals surface area contributed by atoms with E-state index in [1.807, 2.05) is 0 Å². The molecule has 0 fully saturated rings. The van der Waals surface area contributed by atoms with Crippen LogP contribution in [-0.4, -0.2) is 18.0 Å². The molecule has 0 saturated carbocycles. The molecule has 1 heterocycles. The highest BCUT2D eigenvalue weighted by Crippen LogP contribution is 2.41. The maximum Gasteiger partial charge on any atom is 0.389 e. The molecule has 31 heavy (non-hydrogen) atoms. The molecule has 0 aromatic heterocycles. The minimum atomic E-state index is -4.38. The number of hydrogen-bond donors (Lipinski definition) is 2. The summed E-state index contributed by atoms with van der Waals surface area (Å²) in [5, 5.41) is 5.58. The number of halogens is 6. The first-order valence-electron chi connectivity index (χ1n) is 9.26. The normalized spacial score (nSPS) is 16.1. The van der Waals surface area contributed by atoms with Gasteiger partial charge in [-0.2, -0.15) is 13.2 Å². The lowest BCUT2D eigenvalue weighted by molar-refractivity contribution is -0.143. The Labute approximate surface area is 189 Å². The van der Waals surface area contributed by atoms with Gasteiger partial charge >= 0.3 is 6.18 Å². The van der Waals surface area contributed by atoms with Crippen LogP contribution >= 0.6 is 27.5 Å². The monoisotopic (exact) mass is 520 g/mol. The Morgan fingerprint density at radius 1 is 1.19 bits per heavy atom. The Bertz CT molecular complexity index is 1060. The summed E-state index contributed by atoms with van der Waals surface area (Å²) in [7, 11) is 0. The van der Waals surface area contributed by atoms with Crippen molar-refractivity contribution in [3.63, 3.8) is 0 Å². The fraction of sp³-hybridized carbons (Fsp3) is 0.333. The van der Waals surface area contributed by atoms with E-state index < -0.39 is 48.1 Å². The van der Waals surface area contributed by atoms with Gasteiger partial charge in [-0.25, -0.2) is 4.39 Å². The van der Waals surface area contributed by atoms with Crippen molar-refractivity contribution in [1.29, 1.82) is 0 Å². The number of alkyl halides is 3. The van der Waals surface area contributed by atoms with Crippen LogP contribution in [-0.2, 0) is 4.79 Å². The summed E-state index contributed by atoms with van der Waals surface area (Å²) >= 11 is 9.49. The lowest BCUT2D eigenvalue weighted by Gasteiger charge is -2.26. The summed E-state index contributed by atoms with van der Waals surface area (Å²) in [6.07, 6.45) is -5.90. The van der Waals surface area contributed by atoms with Crippen molar-refractivity contribution in [2.75, 3.05) is 5.32 Å². The Morgan fingerprint density at radius 3 is 2.52 bits per heavy atom. The highest BCUT2D eigenvalue weighted by molar-refractivity contribution is 9.10. The molecule has 1 unspecified atom stereocenters. The molecule has 1 atom stereocenters. The molecule has 0 radical (unpaired) electrons. The van der Waals surface area contributed by atoms with Crippen molar-refractivity contribution < 1.29 is 27.2 Å². The van der Waals surface area contributed by atoms with Crippen molar-refractivity contribution in [1.82, 2.24) is 5.32 Å². The average molecular weight is 522 g/mol. The predicted molar refractivity (Wildman–Crippen MR) is 113 cm³/mol. The number of nitrogens with one attached hydrogen (secondary N) is 2. The zero-order chi connectivity index (χ0) is 23.1. The molecule has 0 aliphatic carbocycles. The van der Waals surface area contributed by atoms with Gasteiger partial charge in [-0.05, 0) is 36.8 Å². The molecule has 0 spiro atoms. The lowest BCUT2D eigenvalue weighted by Crippen LogP contribution is -2.32. The quantitative estimate of drug-likeness (QED) is 0.449. The Morgan fingerprint density at radius 2 is 1.87 bits per heavy atom. The third-order valence-electron chi connectivity index (χ3n) is 5.12. The highest BCUT2D eigenvalue weighted by Gasteiger charge is 2.38. The zero-order valence-corrected chi connectivity index (χ0v) is 18.8. The average Bonchev–Trinajstić information content (AvgIpc) is 2.98. The molecule has 2 N–H and O–H groups in total. The molecule has 2 amide bonds. The molecule has 166 valence electrons. The van der Waals surface area contributed by atoms with Crippen molar-refractivity contribution in [3.8, 4) is 0 Å². The predicted octanol–water partition coefficient (Wildman–Crippen LogP) is 6.38. The second-order valence-corrected chi connectivity index (χ2v) is 9.26. The largest absolute Gasteiger partial charge is 0.389 e. The maximum atomic E-state index is 13.8. The summed E-state index contributed by atoms with van der Waals surface area (Å²) in [5.41, 5.74) is -0.211. The second-order valence-electron chi connectivity index (χ2n) is 7.94. The van der Waals surface area contributed by atoms with Crippen LogP contribution in [0.3, 0.4) is 0 Å². The van der Waals surface area contributed by atoms with Crippen LogP contribution in [0.4, 0.5) is 23.2 Å². The van der Waals surface area contributed by atoms with Gasteiger partial charge in [0.25, 0.3) is 5.91 Å². The van der Waals surface area contributed by atoms with Gasteiger partial charge in [-0.1, -0.05) is 41.4 Å². The Hall–Kier alpha value is -2.13. The van der Waals surface area contributed by atoms with Gasteiger partial charge in [0.2, 0.25) is 5.91 Å². The topological polar surface area (TPSA) is 58.2 Å². The van der Waals surface area contributed by atoms with Gasteiger partial charge in [-0.15, -0.1) is 0 Å². The number of fused-ring (bicyclic) bond motifs is 1. The van der Waals surface area contributed by atoms with Crippen molar-refractivity contribution >= 4 is 45.0 Å². The number of carbonyl (C=O) groups is 2. The van der Waals surface area contributed by atoms with Crippen LogP contribution < -0.4 is 10.6 Å². The van der Waals surface area contributed by atoms with Crippen LogP contribution in [0.1, 0.15) is 54.2 Å². The minimum absolute atomic E-state index is 0.213. The maximum absolute atomic E-state index is 13.8. The first-order valence-corrected chi connectivity index (χ1v) is 10.4. The number of benzene rings is 2. The molecule has 4 nitrogen and oxygen atoms in total. The lowest BCUT2D eigenvalue weighted by atomic mass is 9.86. The zero-order valence-electron chi connectivity index (χ0n) is 16.5. The molecular formula is C21H18BrClF4N2O2. The standard InChI is InChI=1S/C21H18BrClF4N2O2/c1-20(2,5-6-21(25,26)27)19(31)28-15-8-10(22)7-13-16(15)17(29-18(13)30)12-9-11(24)3-4-14(12)23/h3-4,7-9,17H,5-6H2,1-2H3,(H,28,31)(H,29,30). The first-order chi connectivity index (χ1) is 14.3. The third-order valence-corrected chi connectivity index (χ3v) is 5.92. The van der Waals surface area contributed by atoms with Crippen LogP contribution in [0.5, 0.6) is 0 Å². The van der Waals surface area contributed by atoms with E-state index in [-0.39, 0.29) is 16.3 Å². The van der Waals surface area contributed by atoms with E-state index in [9.17, 15) is 27.2 Å². The first kappa shape index (κ1) is 23.5. The van der Waals surface area contributed by atoms with Gasteiger partial charge < -0.3 is 10.6 Å². The van der Waals surface area contributed by atoms with E-state index in [1.165, 1.54) is 38.1 Å². The summed E-state index contributed by atoms with van der Waals surface area (Å²) in [5.74, 6) is -1.65. The molecule has 2 aromatic carbocycles. The van der Waals surface area contributed by atoms with Crippen LogP contribution in [0, 0.1) is 11.2 Å². The fourth-order valence-electron chi connectivity index (χ4n) is 3.33. The van der Waals surface area contributed by atoms with Gasteiger partial charge in [0.15, 0.2) is 0 Å². The smallest absolute Gasteiger partial charge is 0.341 e. The third kappa shape index (κ3) is 5.20. The highest BCUT2D eigenvalue weighted by atomic mass is 79.9. The van der Waals surface area contributed by atoms with E-state index >= 15 is 0 Å². The number of amides is 2. The van der Waals surface area contributed by atoms with Gasteiger partial charge in [0, 0.05) is 43.7 Å². The van der Waals surface area contributed by atoms with Crippen LogP contribution in [0.25, 0.3) is 0 Å². The summed E-state index contributed by atoms with van der Waals surface area (Å²) < 4.78 is 52.2. The molecule has 0 bridgehead atoms. The molecular weight excluding hydrogens is 504 g/mol. The molecule has 1 aliphatic rings. The Kier molecular flexibility index (Phi) is 6.40. The van der Waals surface area contributed by atoms with Crippen molar-refractivity contribution in [3.05, 3.63) is 62.3 Å². The fourth-order valence-corrected chi connectivity index (χ4v) is 4.01. The molecule has 0 saturated heterocycles.